The quantitative estimate of drug-likeness (QED) is 0.530. The first-order valence-electron chi connectivity index (χ1n) is 8.23. The van der Waals surface area contributed by atoms with Crippen LogP contribution in [-0.4, -0.2) is 16.0 Å². The molecule has 0 radical (unpaired) electrons. The largest absolute Gasteiger partial charge is 0.483 e. The number of nitrogens with zero attached hydrogens (tertiary/aromatic N) is 2. The maximum absolute atomic E-state index is 12.6. The standard InChI is InChI=1S/C20H15N3O3S/c24-20(21-15-6-2-1-3-7-15)16-8-4-5-9-17(16)25-12-18-22-19(23-26-18)14-10-11-27-13-14/h1-11,13H,12H2,(H,21,24). The van der Waals surface area contributed by atoms with E-state index in [0.717, 1.165) is 11.3 Å². The molecule has 0 spiro atoms. The Hall–Kier alpha value is -3.45. The molecule has 0 aliphatic carbocycles. The second-order valence-electron chi connectivity index (χ2n) is 5.63. The van der Waals surface area contributed by atoms with Gasteiger partial charge in [0.1, 0.15) is 5.75 Å². The van der Waals surface area contributed by atoms with E-state index in [4.69, 9.17) is 9.26 Å². The van der Waals surface area contributed by atoms with Gasteiger partial charge in [0.15, 0.2) is 6.61 Å². The number of nitrogens with one attached hydrogen (secondary N) is 1. The van der Waals surface area contributed by atoms with Gasteiger partial charge in [0.25, 0.3) is 11.8 Å². The Morgan fingerprint density at radius 3 is 2.70 bits per heavy atom. The maximum atomic E-state index is 12.6. The molecule has 6 nitrogen and oxygen atoms in total. The van der Waals surface area contributed by atoms with Crippen molar-refractivity contribution in [3.05, 3.63) is 82.9 Å². The third-order valence-electron chi connectivity index (χ3n) is 3.76. The zero-order valence-corrected chi connectivity index (χ0v) is 15.0. The lowest BCUT2D eigenvalue weighted by molar-refractivity contribution is 0.102. The zero-order chi connectivity index (χ0) is 18.5. The molecule has 4 aromatic rings. The molecular formula is C20H15N3O3S. The molecule has 0 bridgehead atoms. The number of aromatic nitrogens is 2. The van der Waals surface area contributed by atoms with E-state index in [9.17, 15) is 4.79 Å². The van der Waals surface area contributed by atoms with E-state index in [2.05, 4.69) is 15.5 Å². The fourth-order valence-corrected chi connectivity index (χ4v) is 3.10. The predicted molar refractivity (Wildman–Crippen MR) is 103 cm³/mol. The molecule has 1 amide bonds. The smallest absolute Gasteiger partial charge is 0.264 e. The number of hydrogen-bond donors (Lipinski definition) is 1. The van der Waals surface area contributed by atoms with E-state index in [1.807, 2.05) is 47.2 Å². The van der Waals surface area contributed by atoms with E-state index in [1.165, 1.54) is 0 Å². The van der Waals surface area contributed by atoms with Crippen molar-refractivity contribution in [2.45, 2.75) is 6.61 Å². The number of rotatable bonds is 6. The van der Waals surface area contributed by atoms with Crippen LogP contribution in [0.3, 0.4) is 0 Å². The van der Waals surface area contributed by atoms with Gasteiger partial charge in [0.2, 0.25) is 5.82 Å². The van der Waals surface area contributed by atoms with Crippen LogP contribution >= 0.6 is 11.3 Å². The number of carbonyl (C=O) groups is 1. The van der Waals surface area contributed by atoms with Gasteiger partial charge in [-0.2, -0.15) is 16.3 Å². The summed E-state index contributed by atoms with van der Waals surface area (Å²) in [5, 5.41) is 10.7. The van der Waals surface area contributed by atoms with Crippen LogP contribution in [0.1, 0.15) is 16.2 Å². The lowest BCUT2D eigenvalue weighted by Gasteiger charge is -2.10. The molecular weight excluding hydrogens is 362 g/mol. The summed E-state index contributed by atoms with van der Waals surface area (Å²) in [7, 11) is 0. The second-order valence-corrected chi connectivity index (χ2v) is 6.41. The SMILES string of the molecule is O=C(Nc1ccccc1)c1ccccc1OCc1nc(-c2ccsc2)no1. The third kappa shape index (κ3) is 4.04. The van der Waals surface area contributed by atoms with Gasteiger partial charge < -0.3 is 14.6 Å². The summed E-state index contributed by atoms with van der Waals surface area (Å²) in [4.78, 5) is 16.9. The summed E-state index contributed by atoms with van der Waals surface area (Å²) >= 11 is 1.56. The number of benzene rings is 2. The van der Waals surface area contributed by atoms with E-state index in [0.29, 0.717) is 23.0 Å². The van der Waals surface area contributed by atoms with E-state index < -0.39 is 0 Å². The van der Waals surface area contributed by atoms with Crippen molar-refractivity contribution in [2.24, 2.45) is 0 Å². The number of carbonyl (C=O) groups excluding carboxylic acids is 1. The minimum atomic E-state index is -0.249. The number of ether oxygens (including phenoxy) is 1. The molecule has 2 aromatic heterocycles. The Kier molecular flexibility index (Phi) is 4.93. The highest BCUT2D eigenvalue weighted by Crippen LogP contribution is 2.22. The van der Waals surface area contributed by atoms with Crippen molar-refractivity contribution >= 4 is 22.9 Å². The van der Waals surface area contributed by atoms with Crippen molar-refractivity contribution in [3.63, 3.8) is 0 Å². The van der Waals surface area contributed by atoms with Crippen LogP contribution in [0.5, 0.6) is 5.75 Å². The molecule has 27 heavy (non-hydrogen) atoms. The van der Waals surface area contributed by atoms with Gasteiger partial charge in [-0.25, -0.2) is 0 Å². The first-order chi connectivity index (χ1) is 13.3. The van der Waals surface area contributed by atoms with Crippen molar-refractivity contribution < 1.29 is 14.1 Å². The van der Waals surface area contributed by atoms with Crippen molar-refractivity contribution in [2.75, 3.05) is 5.32 Å². The van der Waals surface area contributed by atoms with Gasteiger partial charge in [-0.05, 0) is 35.7 Å². The number of hydrogen-bond acceptors (Lipinski definition) is 6. The summed E-state index contributed by atoms with van der Waals surface area (Å²) < 4.78 is 11.0. The monoisotopic (exact) mass is 377 g/mol. The summed E-state index contributed by atoms with van der Waals surface area (Å²) in [6.45, 7) is 0.0762. The van der Waals surface area contributed by atoms with Gasteiger partial charge in [0, 0.05) is 16.6 Å². The average Bonchev–Trinajstić information content (AvgIpc) is 3.39. The number of para-hydroxylation sites is 2. The van der Waals surface area contributed by atoms with Crippen LogP contribution < -0.4 is 10.1 Å². The molecule has 1 N–H and O–H groups in total. The highest BCUT2D eigenvalue weighted by Gasteiger charge is 2.14. The van der Waals surface area contributed by atoms with Gasteiger partial charge in [-0.1, -0.05) is 35.5 Å². The maximum Gasteiger partial charge on any atom is 0.264 e. The number of thiophene rings is 1. The van der Waals surface area contributed by atoms with Crippen molar-refractivity contribution in [3.8, 4) is 17.1 Å². The highest BCUT2D eigenvalue weighted by atomic mass is 32.1. The first kappa shape index (κ1) is 17.0. The Labute approximate surface area is 159 Å². The van der Waals surface area contributed by atoms with E-state index in [1.54, 1.807) is 35.6 Å². The van der Waals surface area contributed by atoms with Crippen LogP contribution in [0.2, 0.25) is 0 Å². The highest BCUT2D eigenvalue weighted by molar-refractivity contribution is 7.08. The number of anilines is 1. The Balaban J connectivity index is 1.46. The van der Waals surface area contributed by atoms with Crippen LogP contribution in [0.4, 0.5) is 5.69 Å². The van der Waals surface area contributed by atoms with E-state index >= 15 is 0 Å². The zero-order valence-electron chi connectivity index (χ0n) is 14.2. The number of amides is 1. The van der Waals surface area contributed by atoms with Crippen LogP contribution in [-0.2, 0) is 6.61 Å². The third-order valence-corrected chi connectivity index (χ3v) is 4.45. The summed E-state index contributed by atoms with van der Waals surface area (Å²) in [5.41, 5.74) is 2.05. The fourth-order valence-electron chi connectivity index (χ4n) is 2.46. The molecule has 0 atom stereocenters. The van der Waals surface area contributed by atoms with Gasteiger partial charge >= 0.3 is 0 Å². The average molecular weight is 377 g/mol. The van der Waals surface area contributed by atoms with E-state index in [-0.39, 0.29) is 12.5 Å². The molecule has 0 fully saturated rings. The molecule has 2 aromatic carbocycles. The summed E-state index contributed by atoms with van der Waals surface area (Å²) in [6.07, 6.45) is 0. The Bertz CT molecular complexity index is 1030. The fraction of sp³-hybridized carbons (Fsp3) is 0.0500. The molecule has 0 aliphatic heterocycles. The second kappa shape index (κ2) is 7.84. The molecule has 2 heterocycles. The molecule has 4 rings (SSSR count). The normalized spacial score (nSPS) is 10.5. The van der Waals surface area contributed by atoms with Crippen LogP contribution in [0.15, 0.2) is 75.9 Å². The molecule has 0 saturated heterocycles. The Morgan fingerprint density at radius 1 is 1.07 bits per heavy atom. The summed E-state index contributed by atoms with van der Waals surface area (Å²) in [5.74, 6) is 1.06. The molecule has 134 valence electrons. The van der Waals surface area contributed by atoms with Crippen LogP contribution in [0, 0.1) is 0 Å². The first-order valence-corrected chi connectivity index (χ1v) is 9.17. The Morgan fingerprint density at radius 2 is 1.89 bits per heavy atom. The summed E-state index contributed by atoms with van der Waals surface area (Å²) in [6, 6.07) is 18.2. The van der Waals surface area contributed by atoms with Crippen molar-refractivity contribution in [1.82, 2.24) is 10.1 Å². The van der Waals surface area contributed by atoms with Gasteiger partial charge in [-0.3, -0.25) is 4.79 Å². The topological polar surface area (TPSA) is 77.2 Å². The minimum Gasteiger partial charge on any atom is -0.483 e. The van der Waals surface area contributed by atoms with Gasteiger partial charge in [0.05, 0.1) is 5.56 Å². The molecule has 0 aliphatic rings. The predicted octanol–water partition coefficient (Wildman–Crippen LogP) is 4.63. The van der Waals surface area contributed by atoms with Crippen LogP contribution in [0.25, 0.3) is 11.4 Å². The molecule has 7 heteroatoms. The van der Waals surface area contributed by atoms with Gasteiger partial charge in [-0.15, -0.1) is 0 Å². The molecule has 0 unspecified atom stereocenters. The molecule has 0 saturated carbocycles. The lowest BCUT2D eigenvalue weighted by atomic mass is 10.2. The van der Waals surface area contributed by atoms with Crippen molar-refractivity contribution in [1.29, 1.82) is 0 Å². The lowest BCUT2D eigenvalue weighted by Crippen LogP contribution is -2.13. The minimum absolute atomic E-state index is 0.0762.